The number of rotatable bonds is 6. The summed E-state index contributed by atoms with van der Waals surface area (Å²) < 4.78 is 15.9. The molecule has 0 fully saturated rings. The Morgan fingerprint density at radius 3 is 2.39 bits per heavy atom. The summed E-state index contributed by atoms with van der Waals surface area (Å²) in [6.07, 6.45) is -0.204. The first kappa shape index (κ1) is 16.8. The maximum absolute atomic E-state index is 12.1. The summed E-state index contributed by atoms with van der Waals surface area (Å²) in [6.45, 7) is 6.14. The van der Waals surface area contributed by atoms with Crippen molar-refractivity contribution in [2.45, 2.75) is 26.9 Å². The fourth-order valence-corrected chi connectivity index (χ4v) is 2.04. The Bertz CT molecular complexity index is 665. The van der Waals surface area contributed by atoms with E-state index in [4.69, 9.17) is 14.2 Å². The van der Waals surface area contributed by atoms with Crippen LogP contribution in [0.3, 0.4) is 0 Å². The van der Waals surface area contributed by atoms with Crippen LogP contribution in [-0.2, 0) is 4.74 Å². The Balaban J connectivity index is 2.35. The molecule has 0 N–H and O–H groups in total. The molecule has 0 unspecified atom stereocenters. The highest BCUT2D eigenvalue weighted by atomic mass is 16.5. The zero-order chi connectivity index (χ0) is 16.8. The van der Waals surface area contributed by atoms with Gasteiger partial charge in [0.2, 0.25) is 0 Å². The summed E-state index contributed by atoms with van der Waals surface area (Å²) in [5, 5.41) is 0. The highest BCUT2D eigenvalue weighted by Gasteiger charge is 2.15. The van der Waals surface area contributed by atoms with E-state index >= 15 is 0 Å². The van der Waals surface area contributed by atoms with Crippen LogP contribution in [0.4, 0.5) is 0 Å². The third kappa shape index (κ3) is 4.45. The van der Waals surface area contributed by atoms with Crippen molar-refractivity contribution < 1.29 is 19.0 Å². The molecule has 0 aliphatic heterocycles. The largest absolute Gasteiger partial charge is 0.497 e. The van der Waals surface area contributed by atoms with Gasteiger partial charge in [0, 0.05) is 17.7 Å². The third-order valence-electron chi connectivity index (χ3n) is 3.05. The fraction of sp³-hybridized carbons (Fsp3) is 0.333. The minimum atomic E-state index is -0.467. The van der Waals surface area contributed by atoms with Gasteiger partial charge in [0.15, 0.2) is 5.69 Å². The van der Waals surface area contributed by atoms with Gasteiger partial charge in [-0.3, -0.25) is 0 Å². The molecule has 5 nitrogen and oxygen atoms in total. The van der Waals surface area contributed by atoms with E-state index in [-0.39, 0.29) is 11.8 Å². The van der Waals surface area contributed by atoms with Crippen molar-refractivity contribution in [3.63, 3.8) is 0 Å². The Labute approximate surface area is 136 Å². The van der Waals surface area contributed by atoms with Crippen LogP contribution in [0.25, 0.3) is 11.3 Å². The lowest BCUT2D eigenvalue weighted by molar-refractivity contribution is 0.0370. The number of nitrogens with zero attached hydrogens (tertiary/aromatic N) is 1. The SMILES string of the molecule is CCOc1ccc(-c2cc(OC)cc(C(=O)OC(C)C)n2)cc1. The number of carbonyl (C=O) groups is 1. The fourth-order valence-electron chi connectivity index (χ4n) is 2.04. The van der Waals surface area contributed by atoms with Gasteiger partial charge < -0.3 is 14.2 Å². The number of pyridine rings is 1. The van der Waals surface area contributed by atoms with Gasteiger partial charge in [-0.15, -0.1) is 0 Å². The second-order valence-corrected chi connectivity index (χ2v) is 5.19. The van der Waals surface area contributed by atoms with E-state index in [0.717, 1.165) is 11.3 Å². The van der Waals surface area contributed by atoms with E-state index < -0.39 is 5.97 Å². The van der Waals surface area contributed by atoms with Gasteiger partial charge in [0.25, 0.3) is 0 Å². The minimum absolute atomic E-state index is 0.204. The van der Waals surface area contributed by atoms with Gasteiger partial charge in [-0.05, 0) is 45.0 Å². The Kier molecular flexibility index (Phi) is 5.57. The average Bonchev–Trinajstić information content (AvgIpc) is 2.54. The Morgan fingerprint density at radius 1 is 1.13 bits per heavy atom. The molecule has 1 heterocycles. The number of aromatic nitrogens is 1. The average molecular weight is 315 g/mol. The van der Waals surface area contributed by atoms with E-state index in [0.29, 0.717) is 18.1 Å². The third-order valence-corrected chi connectivity index (χ3v) is 3.05. The molecular weight excluding hydrogens is 294 g/mol. The van der Waals surface area contributed by atoms with Crippen molar-refractivity contribution in [2.24, 2.45) is 0 Å². The number of benzene rings is 1. The topological polar surface area (TPSA) is 57.7 Å². The lowest BCUT2D eigenvalue weighted by Crippen LogP contribution is -2.13. The second-order valence-electron chi connectivity index (χ2n) is 5.19. The first-order valence-electron chi connectivity index (χ1n) is 7.53. The molecule has 0 saturated carbocycles. The van der Waals surface area contributed by atoms with Crippen molar-refractivity contribution >= 4 is 5.97 Å². The van der Waals surface area contributed by atoms with Gasteiger partial charge >= 0.3 is 5.97 Å². The molecule has 122 valence electrons. The summed E-state index contributed by atoms with van der Waals surface area (Å²) in [5.74, 6) is 0.879. The minimum Gasteiger partial charge on any atom is -0.497 e. The van der Waals surface area contributed by atoms with Crippen molar-refractivity contribution in [3.8, 4) is 22.8 Å². The zero-order valence-corrected chi connectivity index (χ0v) is 13.8. The van der Waals surface area contributed by atoms with Crippen LogP contribution in [0.2, 0.25) is 0 Å². The maximum Gasteiger partial charge on any atom is 0.357 e. The molecule has 0 bridgehead atoms. The van der Waals surface area contributed by atoms with Gasteiger partial charge in [-0.2, -0.15) is 0 Å². The second kappa shape index (κ2) is 7.63. The van der Waals surface area contributed by atoms with Crippen molar-refractivity contribution in [1.29, 1.82) is 0 Å². The van der Waals surface area contributed by atoms with Gasteiger partial charge in [-0.1, -0.05) is 0 Å². The quantitative estimate of drug-likeness (QED) is 0.760. The Morgan fingerprint density at radius 2 is 1.83 bits per heavy atom. The standard InChI is InChI=1S/C18H21NO4/c1-5-22-14-8-6-13(7-9-14)16-10-15(21-4)11-17(19-16)18(20)23-12(2)3/h6-12H,5H2,1-4H3. The molecule has 0 radical (unpaired) electrons. The summed E-state index contributed by atoms with van der Waals surface area (Å²) >= 11 is 0. The number of esters is 1. The summed E-state index contributed by atoms with van der Waals surface area (Å²) in [6, 6.07) is 10.9. The molecule has 23 heavy (non-hydrogen) atoms. The maximum atomic E-state index is 12.1. The van der Waals surface area contributed by atoms with Crippen LogP contribution in [-0.4, -0.2) is 30.8 Å². The smallest absolute Gasteiger partial charge is 0.357 e. The predicted octanol–water partition coefficient (Wildman–Crippen LogP) is 3.72. The molecule has 2 aromatic rings. The molecule has 0 aliphatic rings. The number of methoxy groups -OCH3 is 1. The van der Waals surface area contributed by atoms with Crippen LogP contribution < -0.4 is 9.47 Å². The summed E-state index contributed by atoms with van der Waals surface area (Å²) in [5.41, 5.74) is 1.73. The number of carbonyl (C=O) groups excluding carboxylic acids is 1. The van der Waals surface area contributed by atoms with Crippen molar-refractivity contribution in [1.82, 2.24) is 4.98 Å². The van der Waals surface area contributed by atoms with Crippen LogP contribution >= 0.6 is 0 Å². The van der Waals surface area contributed by atoms with E-state index in [1.54, 1.807) is 33.1 Å². The van der Waals surface area contributed by atoms with E-state index in [1.165, 1.54) is 0 Å². The molecule has 2 rings (SSSR count). The van der Waals surface area contributed by atoms with Gasteiger partial charge in [-0.25, -0.2) is 9.78 Å². The highest BCUT2D eigenvalue weighted by molar-refractivity contribution is 5.88. The molecular formula is C18H21NO4. The Hall–Kier alpha value is -2.56. The van der Waals surface area contributed by atoms with Crippen LogP contribution in [0.1, 0.15) is 31.3 Å². The highest BCUT2D eigenvalue weighted by Crippen LogP contribution is 2.25. The molecule has 5 heteroatoms. The van der Waals surface area contributed by atoms with Crippen LogP contribution in [0.5, 0.6) is 11.5 Å². The van der Waals surface area contributed by atoms with Crippen LogP contribution in [0, 0.1) is 0 Å². The number of ether oxygens (including phenoxy) is 3. The summed E-state index contributed by atoms with van der Waals surface area (Å²) in [7, 11) is 1.55. The van der Waals surface area contributed by atoms with Crippen molar-refractivity contribution in [3.05, 3.63) is 42.1 Å². The summed E-state index contributed by atoms with van der Waals surface area (Å²) in [4.78, 5) is 16.5. The van der Waals surface area contributed by atoms with E-state index in [2.05, 4.69) is 4.98 Å². The number of hydrogen-bond donors (Lipinski definition) is 0. The molecule has 0 atom stereocenters. The molecule has 0 spiro atoms. The first-order valence-corrected chi connectivity index (χ1v) is 7.53. The number of hydrogen-bond acceptors (Lipinski definition) is 5. The van der Waals surface area contributed by atoms with Gasteiger partial charge in [0.1, 0.15) is 11.5 Å². The lowest BCUT2D eigenvalue weighted by Gasteiger charge is -2.11. The predicted molar refractivity (Wildman–Crippen MR) is 87.9 cm³/mol. The molecule has 0 aliphatic carbocycles. The normalized spacial score (nSPS) is 10.5. The molecule has 1 aromatic heterocycles. The molecule has 0 amide bonds. The molecule has 0 saturated heterocycles. The van der Waals surface area contributed by atoms with Crippen LogP contribution in [0.15, 0.2) is 36.4 Å². The van der Waals surface area contributed by atoms with Gasteiger partial charge in [0.05, 0.1) is 25.5 Å². The zero-order valence-electron chi connectivity index (χ0n) is 13.8. The first-order chi connectivity index (χ1) is 11.0. The van der Waals surface area contributed by atoms with Crippen molar-refractivity contribution in [2.75, 3.05) is 13.7 Å². The van der Waals surface area contributed by atoms with E-state index in [1.807, 2.05) is 31.2 Å². The monoisotopic (exact) mass is 315 g/mol. The van der Waals surface area contributed by atoms with E-state index in [9.17, 15) is 4.79 Å². The molecule has 1 aromatic carbocycles. The lowest BCUT2D eigenvalue weighted by atomic mass is 10.1.